The zero-order valence-corrected chi connectivity index (χ0v) is 20.4. The molecule has 3 nitrogen and oxygen atoms in total. The Morgan fingerprint density at radius 2 is 1.62 bits per heavy atom. The Kier molecular flexibility index (Phi) is 8.32. The fourth-order valence-electron chi connectivity index (χ4n) is 5.93. The highest BCUT2D eigenvalue weighted by atomic mass is 35.5. The van der Waals surface area contributed by atoms with Gasteiger partial charge in [-0.2, -0.15) is 0 Å². The molecule has 0 spiro atoms. The zero-order valence-electron chi connectivity index (χ0n) is 19.6. The number of methoxy groups -OCH3 is 1. The normalized spacial score (nSPS) is 22.2. The number of rotatable bonds is 6. The molecule has 0 atom stereocenters. The molecule has 1 aromatic carbocycles. The maximum absolute atomic E-state index is 5.61. The summed E-state index contributed by atoms with van der Waals surface area (Å²) in [7, 11) is 1.79. The largest absolute Gasteiger partial charge is 0.497 e. The average Bonchev–Trinajstić information content (AvgIpc) is 2.64. The average molecular weight is 423 g/mol. The standard InChI is InChI=1S/C25H42N2O.ClH/c1-7-8-11-26-12-14-27(15-13-26)23-16-21(28-6)9-10-22(23)20-17-24(2,3)19-25(4,5)18-20;/h9-10,16,20H,7-8,11-15,17-19H2,1-6H3;1H. The lowest BCUT2D eigenvalue weighted by Gasteiger charge is -2.46. The second kappa shape index (κ2) is 9.92. The summed E-state index contributed by atoms with van der Waals surface area (Å²) in [5, 5.41) is 0. The number of hydrogen-bond donors (Lipinski definition) is 0. The number of anilines is 1. The molecule has 0 amide bonds. The van der Waals surface area contributed by atoms with E-state index >= 15 is 0 Å². The summed E-state index contributed by atoms with van der Waals surface area (Å²) in [6, 6.07) is 6.83. The lowest BCUT2D eigenvalue weighted by Crippen LogP contribution is -2.47. The van der Waals surface area contributed by atoms with Crippen molar-refractivity contribution in [3.8, 4) is 5.75 Å². The molecule has 2 aliphatic rings. The summed E-state index contributed by atoms with van der Waals surface area (Å²) in [6.07, 6.45) is 6.49. The third kappa shape index (κ3) is 6.28. The molecule has 1 saturated heterocycles. The number of nitrogens with zero attached hydrogens (tertiary/aromatic N) is 2. The van der Waals surface area contributed by atoms with Gasteiger partial charge in [0.25, 0.3) is 0 Å². The van der Waals surface area contributed by atoms with E-state index in [0.29, 0.717) is 16.7 Å². The van der Waals surface area contributed by atoms with Crippen LogP contribution in [-0.4, -0.2) is 44.7 Å². The van der Waals surface area contributed by atoms with Crippen LogP contribution >= 0.6 is 12.4 Å². The summed E-state index contributed by atoms with van der Waals surface area (Å²) in [6.45, 7) is 18.0. The Balaban J connectivity index is 0.00000300. The SMILES string of the molecule is CCCCN1CCN(c2cc(OC)ccc2C2CC(C)(C)CC(C)(C)C2)CC1.Cl. The molecule has 1 aromatic rings. The van der Waals surface area contributed by atoms with E-state index in [9.17, 15) is 0 Å². The molecule has 3 rings (SSSR count). The third-order valence-corrected chi connectivity index (χ3v) is 6.77. The fourth-order valence-corrected chi connectivity index (χ4v) is 5.93. The lowest BCUT2D eigenvalue weighted by molar-refractivity contribution is 0.0969. The topological polar surface area (TPSA) is 15.7 Å². The monoisotopic (exact) mass is 422 g/mol. The molecule has 0 radical (unpaired) electrons. The van der Waals surface area contributed by atoms with Crippen molar-refractivity contribution in [1.29, 1.82) is 0 Å². The molecular formula is C25H43ClN2O. The minimum Gasteiger partial charge on any atom is -0.497 e. The number of hydrogen-bond acceptors (Lipinski definition) is 3. The van der Waals surface area contributed by atoms with Crippen molar-refractivity contribution >= 4 is 18.1 Å². The van der Waals surface area contributed by atoms with Crippen LogP contribution in [0.25, 0.3) is 0 Å². The van der Waals surface area contributed by atoms with E-state index in [-0.39, 0.29) is 12.4 Å². The summed E-state index contributed by atoms with van der Waals surface area (Å²) in [5.74, 6) is 1.62. The number of ether oxygens (including phenoxy) is 1. The van der Waals surface area contributed by atoms with Gasteiger partial charge in [0.15, 0.2) is 0 Å². The second-order valence-electron chi connectivity index (χ2n) is 10.7. The number of piperazine rings is 1. The molecule has 166 valence electrons. The molecule has 0 bridgehead atoms. The Bertz CT molecular complexity index is 634. The molecule has 1 aliphatic carbocycles. The van der Waals surface area contributed by atoms with Gasteiger partial charge in [0.2, 0.25) is 0 Å². The Morgan fingerprint density at radius 3 is 2.17 bits per heavy atom. The molecule has 0 unspecified atom stereocenters. The van der Waals surface area contributed by atoms with Gasteiger partial charge in [-0.15, -0.1) is 12.4 Å². The van der Waals surface area contributed by atoms with Gasteiger partial charge in [-0.25, -0.2) is 0 Å². The first kappa shape index (κ1) is 24.3. The first-order chi connectivity index (χ1) is 13.2. The van der Waals surface area contributed by atoms with E-state index in [2.05, 4.69) is 62.6 Å². The van der Waals surface area contributed by atoms with Crippen LogP contribution in [0.2, 0.25) is 0 Å². The minimum atomic E-state index is 0. The molecule has 1 heterocycles. The van der Waals surface area contributed by atoms with E-state index in [1.54, 1.807) is 12.7 Å². The number of unbranched alkanes of at least 4 members (excludes halogenated alkanes) is 1. The third-order valence-electron chi connectivity index (χ3n) is 6.77. The highest BCUT2D eigenvalue weighted by Crippen LogP contribution is 2.53. The van der Waals surface area contributed by atoms with Gasteiger partial charge in [-0.1, -0.05) is 47.1 Å². The predicted molar refractivity (Wildman–Crippen MR) is 128 cm³/mol. The lowest BCUT2D eigenvalue weighted by atomic mass is 9.60. The van der Waals surface area contributed by atoms with E-state index in [0.717, 1.165) is 18.8 Å². The van der Waals surface area contributed by atoms with Gasteiger partial charge in [0, 0.05) is 37.9 Å². The highest BCUT2D eigenvalue weighted by molar-refractivity contribution is 5.85. The van der Waals surface area contributed by atoms with E-state index in [1.807, 2.05) is 0 Å². The van der Waals surface area contributed by atoms with Gasteiger partial charge in [0.1, 0.15) is 5.75 Å². The Labute approximate surface area is 185 Å². The Hall–Kier alpha value is -0.930. The van der Waals surface area contributed by atoms with Gasteiger partial charge >= 0.3 is 0 Å². The van der Waals surface area contributed by atoms with Crippen molar-refractivity contribution < 1.29 is 4.74 Å². The van der Waals surface area contributed by atoms with Crippen molar-refractivity contribution in [2.75, 3.05) is 44.7 Å². The molecular weight excluding hydrogens is 380 g/mol. The quantitative estimate of drug-likeness (QED) is 0.530. The summed E-state index contributed by atoms with van der Waals surface area (Å²) in [4.78, 5) is 5.25. The highest BCUT2D eigenvalue weighted by Gasteiger charge is 2.40. The van der Waals surface area contributed by atoms with Gasteiger partial charge in [0.05, 0.1) is 7.11 Å². The second-order valence-corrected chi connectivity index (χ2v) is 10.7. The van der Waals surface area contributed by atoms with Gasteiger partial charge < -0.3 is 9.64 Å². The number of benzene rings is 1. The van der Waals surface area contributed by atoms with Crippen molar-refractivity contribution in [2.45, 2.75) is 72.6 Å². The van der Waals surface area contributed by atoms with Crippen LogP contribution in [0.3, 0.4) is 0 Å². The maximum Gasteiger partial charge on any atom is 0.120 e. The van der Waals surface area contributed by atoms with Crippen molar-refractivity contribution in [3.63, 3.8) is 0 Å². The molecule has 4 heteroatoms. The molecule has 0 N–H and O–H groups in total. The first-order valence-electron chi connectivity index (χ1n) is 11.4. The van der Waals surface area contributed by atoms with Crippen molar-refractivity contribution in [3.05, 3.63) is 23.8 Å². The van der Waals surface area contributed by atoms with Crippen LogP contribution in [-0.2, 0) is 0 Å². The van der Waals surface area contributed by atoms with Crippen LogP contribution in [0.15, 0.2) is 18.2 Å². The zero-order chi connectivity index (χ0) is 20.4. The summed E-state index contributed by atoms with van der Waals surface area (Å²) in [5.41, 5.74) is 3.78. The predicted octanol–water partition coefficient (Wildman–Crippen LogP) is 6.36. The van der Waals surface area contributed by atoms with Crippen molar-refractivity contribution in [2.24, 2.45) is 10.8 Å². The fraction of sp³-hybridized carbons (Fsp3) is 0.760. The van der Waals surface area contributed by atoms with Crippen LogP contribution in [0.5, 0.6) is 5.75 Å². The van der Waals surface area contributed by atoms with Crippen LogP contribution < -0.4 is 9.64 Å². The van der Waals surface area contributed by atoms with Crippen LogP contribution in [0.4, 0.5) is 5.69 Å². The first-order valence-corrected chi connectivity index (χ1v) is 11.4. The molecule has 29 heavy (non-hydrogen) atoms. The molecule has 0 aromatic heterocycles. The maximum atomic E-state index is 5.61. The number of halogens is 1. The van der Waals surface area contributed by atoms with Gasteiger partial charge in [-0.3, -0.25) is 4.90 Å². The smallest absolute Gasteiger partial charge is 0.120 e. The van der Waals surface area contributed by atoms with Crippen LogP contribution in [0.1, 0.15) is 78.2 Å². The van der Waals surface area contributed by atoms with Crippen molar-refractivity contribution in [1.82, 2.24) is 4.90 Å². The van der Waals surface area contributed by atoms with E-state index in [1.165, 1.54) is 57.4 Å². The van der Waals surface area contributed by atoms with E-state index < -0.39 is 0 Å². The molecule has 2 fully saturated rings. The molecule has 1 aliphatic heterocycles. The van der Waals surface area contributed by atoms with Crippen LogP contribution in [0, 0.1) is 10.8 Å². The minimum absolute atomic E-state index is 0. The Morgan fingerprint density at radius 1 is 1.00 bits per heavy atom. The van der Waals surface area contributed by atoms with Gasteiger partial charge in [-0.05, 0) is 60.6 Å². The summed E-state index contributed by atoms with van der Waals surface area (Å²) >= 11 is 0. The molecule has 1 saturated carbocycles. The summed E-state index contributed by atoms with van der Waals surface area (Å²) < 4.78 is 5.61. The van der Waals surface area contributed by atoms with E-state index in [4.69, 9.17) is 4.74 Å².